The van der Waals surface area contributed by atoms with Crippen molar-refractivity contribution < 1.29 is 22.4 Å². The van der Waals surface area contributed by atoms with Crippen LogP contribution < -0.4 is 10.6 Å². The fraction of sp³-hybridized carbons (Fsp3) is 0.462. The molecule has 1 aromatic carbocycles. The van der Waals surface area contributed by atoms with E-state index >= 15 is 0 Å². The Morgan fingerprint density at radius 3 is 2.45 bits per heavy atom. The van der Waals surface area contributed by atoms with Gasteiger partial charge in [0, 0.05) is 18.7 Å². The molecular weight excluding hydrogens is 276 g/mol. The zero-order valence-corrected chi connectivity index (χ0v) is 11.0. The Morgan fingerprint density at radius 1 is 1.15 bits per heavy atom. The third-order valence-electron chi connectivity index (χ3n) is 2.50. The Morgan fingerprint density at radius 2 is 1.85 bits per heavy atom. The van der Waals surface area contributed by atoms with Crippen molar-refractivity contribution >= 4 is 5.91 Å². The standard InChI is InChI=1S/C13H16F4N2O/c1-2-3-18-4-5-19-12(20)9-6-10(13(15,16)17)8-11(14)7-9/h6-8,18H,2-5H2,1H3,(H,19,20). The van der Waals surface area contributed by atoms with Gasteiger partial charge in [-0.05, 0) is 31.2 Å². The highest BCUT2D eigenvalue weighted by molar-refractivity contribution is 5.94. The summed E-state index contributed by atoms with van der Waals surface area (Å²) in [5.41, 5.74) is -1.51. The molecular formula is C13H16F4N2O. The van der Waals surface area contributed by atoms with E-state index in [0.717, 1.165) is 19.0 Å². The lowest BCUT2D eigenvalue weighted by Gasteiger charge is -2.10. The highest BCUT2D eigenvalue weighted by Crippen LogP contribution is 2.30. The summed E-state index contributed by atoms with van der Waals surface area (Å²) in [6.45, 7) is 3.53. The zero-order valence-electron chi connectivity index (χ0n) is 11.0. The third-order valence-corrected chi connectivity index (χ3v) is 2.50. The lowest BCUT2D eigenvalue weighted by atomic mass is 10.1. The number of benzene rings is 1. The molecule has 0 radical (unpaired) electrons. The van der Waals surface area contributed by atoms with Crippen molar-refractivity contribution in [3.8, 4) is 0 Å². The number of hydrogen-bond acceptors (Lipinski definition) is 2. The van der Waals surface area contributed by atoms with Crippen molar-refractivity contribution in [3.63, 3.8) is 0 Å². The first-order chi connectivity index (χ1) is 9.34. The van der Waals surface area contributed by atoms with Gasteiger partial charge < -0.3 is 10.6 Å². The van der Waals surface area contributed by atoms with Crippen molar-refractivity contribution in [2.45, 2.75) is 19.5 Å². The van der Waals surface area contributed by atoms with Gasteiger partial charge in [0.05, 0.1) is 5.56 Å². The van der Waals surface area contributed by atoms with Crippen molar-refractivity contribution in [2.24, 2.45) is 0 Å². The molecule has 20 heavy (non-hydrogen) atoms. The molecule has 0 fully saturated rings. The third kappa shape index (κ3) is 5.16. The number of halogens is 4. The van der Waals surface area contributed by atoms with E-state index < -0.39 is 23.5 Å². The number of alkyl halides is 3. The van der Waals surface area contributed by atoms with Crippen LogP contribution in [-0.4, -0.2) is 25.5 Å². The van der Waals surface area contributed by atoms with Gasteiger partial charge in [0.2, 0.25) is 0 Å². The molecule has 112 valence electrons. The Balaban J connectivity index is 2.66. The van der Waals surface area contributed by atoms with E-state index in [0.29, 0.717) is 18.7 Å². The lowest BCUT2D eigenvalue weighted by molar-refractivity contribution is -0.137. The van der Waals surface area contributed by atoms with Gasteiger partial charge in [-0.3, -0.25) is 4.79 Å². The average molecular weight is 292 g/mol. The van der Waals surface area contributed by atoms with E-state index in [4.69, 9.17) is 0 Å². The summed E-state index contributed by atoms with van der Waals surface area (Å²) in [6, 6.07) is 1.78. The van der Waals surface area contributed by atoms with Crippen LogP contribution in [0.5, 0.6) is 0 Å². The van der Waals surface area contributed by atoms with E-state index in [1.165, 1.54) is 0 Å². The first-order valence-electron chi connectivity index (χ1n) is 6.21. The maximum atomic E-state index is 13.1. The topological polar surface area (TPSA) is 41.1 Å². The van der Waals surface area contributed by atoms with Gasteiger partial charge in [0.1, 0.15) is 5.82 Å². The summed E-state index contributed by atoms with van der Waals surface area (Å²) in [6.07, 6.45) is -3.74. The summed E-state index contributed by atoms with van der Waals surface area (Å²) < 4.78 is 50.6. The van der Waals surface area contributed by atoms with Crippen LogP contribution in [0.1, 0.15) is 29.3 Å². The smallest absolute Gasteiger partial charge is 0.351 e. The van der Waals surface area contributed by atoms with E-state index in [2.05, 4.69) is 10.6 Å². The molecule has 0 saturated carbocycles. The van der Waals surface area contributed by atoms with Crippen LogP contribution in [0.25, 0.3) is 0 Å². The molecule has 0 unspecified atom stereocenters. The minimum absolute atomic E-state index is 0.261. The van der Waals surface area contributed by atoms with Crippen LogP contribution in [0.15, 0.2) is 18.2 Å². The second-order valence-corrected chi connectivity index (χ2v) is 4.23. The predicted molar refractivity (Wildman–Crippen MR) is 66.9 cm³/mol. The highest BCUT2D eigenvalue weighted by atomic mass is 19.4. The number of carbonyl (C=O) groups is 1. The van der Waals surface area contributed by atoms with Gasteiger partial charge in [0.25, 0.3) is 5.91 Å². The molecule has 1 rings (SSSR count). The van der Waals surface area contributed by atoms with Gasteiger partial charge in [-0.25, -0.2) is 4.39 Å². The quantitative estimate of drug-likeness (QED) is 0.625. The summed E-state index contributed by atoms with van der Waals surface area (Å²) in [5, 5.41) is 5.45. The van der Waals surface area contributed by atoms with Crippen molar-refractivity contribution in [1.29, 1.82) is 0 Å². The molecule has 0 aliphatic carbocycles. The SMILES string of the molecule is CCCNCCNC(=O)c1cc(F)cc(C(F)(F)F)c1. The minimum Gasteiger partial charge on any atom is -0.351 e. The maximum Gasteiger partial charge on any atom is 0.416 e. The summed E-state index contributed by atoms with van der Waals surface area (Å²) in [7, 11) is 0. The minimum atomic E-state index is -4.68. The van der Waals surface area contributed by atoms with Crippen molar-refractivity contribution in [1.82, 2.24) is 10.6 Å². The van der Waals surface area contributed by atoms with E-state index in [-0.39, 0.29) is 12.1 Å². The van der Waals surface area contributed by atoms with E-state index in [1.807, 2.05) is 6.92 Å². The van der Waals surface area contributed by atoms with E-state index in [9.17, 15) is 22.4 Å². The van der Waals surface area contributed by atoms with Crippen LogP contribution in [0.4, 0.5) is 17.6 Å². The predicted octanol–water partition coefficient (Wildman–Crippen LogP) is 2.57. The maximum absolute atomic E-state index is 13.1. The van der Waals surface area contributed by atoms with Gasteiger partial charge >= 0.3 is 6.18 Å². The molecule has 7 heteroatoms. The fourth-order valence-corrected chi connectivity index (χ4v) is 1.55. The number of carbonyl (C=O) groups excluding carboxylic acids is 1. The summed E-state index contributed by atoms with van der Waals surface area (Å²) in [4.78, 5) is 11.6. The van der Waals surface area contributed by atoms with E-state index in [1.54, 1.807) is 0 Å². The Labute approximate surface area is 114 Å². The molecule has 0 aliphatic heterocycles. The molecule has 2 N–H and O–H groups in total. The molecule has 0 aliphatic rings. The highest BCUT2D eigenvalue weighted by Gasteiger charge is 2.31. The van der Waals surface area contributed by atoms with Gasteiger partial charge in [-0.2, -0.15) is 13.2 Å². The fourth-order valence-electron chi connectivity index (χ4n) is 1.55. The lowest BCUT2D eigenvalue weighted by Crippen LogP contribution is -2.32. The Bertz CT molecular complexity index is 460. The van der Waals surface area contributed by atoms with Gasteiger partial charge in [-0.15, -0.1) is 0 Å². The van der Waals surface area contributed by atoms with Crippen LogP contribution in [-0.2, 0) is 6.18 Å². The number of rotatable bonds is 6. The zero-order chi connectivity index (χ0) is 15.2. The Kier molecular flexibility index (Phi) is 5.94. The van der Waals surface area contributed by atoms with Crippen LogP contribution >= 0.6 is 0 Å². The van der Waals surface area contributed by atoms with Crippen LogP contribution in [0.3, 0.4) is 0 Å². The molecule has 3 nitrogen and oxygen atoms in total. The second-order valence-electron chi connectivity index (χ2n) is 4.23. The number of nitrogens with one attached hydrogen (secondary N) is 2. The van der Waals surface area contributed by atoms with Gasteiger partial charge in [0.15, 0.2) is 0 Å². The molecule has 0 saturated heterocycles. The normalized spacial score (nSPS) is 11.4. The monoisotopic (exact) mass is 292 g/mol. The van der Waals surface area contributed by atoms with Crippen LogP contribution in [0.2, 0.25) is 0 Å². The van der Waals surface area contributed by atoms with Gasteiger partial charge in [-0.1, -0.05) is 6.92 Å². The largest absolute Gasteiger partial charge is 0.416 e. The molecule has 0 bridgehead atoms. The molecule has 1 amide bonds. The molecule has 0 aromatic heterocycles. The Hall–Kier alpha value is -1.63. The molecule has 0 atom stereocenters. The number of amides is 1. The first kappa shape index (κ1) is 16.4. The average Bonchev–Trinajstić information content (AvgIpc) is 2.36. The summed E-state index contributed by atoms with van der Waals surface area (Å²) in [5.74, 6) is -1.82. The number of hydrogen-bond donors (Lipinski definition) is 2. The second kappa shape index (κ2) is 7.23. The summed E-state index contributed by atoms with van der Waals surface area (Å²) >= 11 is 0. The van der Waals surface area contributed by atoms with Crippen LogP contribution in [0, 0.1) is 5.82 Å². The van der Waals surface area contributed by atoms with Crippen molar-refractivity contribution in [2.75, 3.05) is 19.6 Å². The molecule has 1 aromatic rings. The first-order valence-corrected chi connectivity index (χ1v) is 6.21. The molecule has 0 spiro atoms. The molecule has 0 heterocycles. The van der Waals surface area contributed by atoms with Crippen molar-refractivity contribution in [3.05, 3.63) is 35.1 Å².